The SMILES string of the molecule is O=C(CCCc1ccccc1)N1Cc2cnc(N3CCOCC3)nc2C1. The van der Waals surface area contributed by atoms with Crippen LogP contribution in [0.15, 0.2) is 36.5 Å². The van der Waals surface area contributed by atoms with Crippen LogP contribution in [-0.4, -0.2) is 47.1 Å². The van der Waals surface area contributed by atoms with Crippen molar-refractivity contribution < 1.29 is 9.53 Å². The van der Waals surface area contributed by atoms with Crippen molar-refractivity contribution in [3.63, 3.8) is 0 Å². The van der Waals surface area contributed by atoms with E-state index in [1.54, 1.807) is 0 Å². The van der Waals surface area contributed by atoms with Crippen molar-refractivity contribution in [2.24, 2.45) is 0 Å². The van der Waals surface area contributed by atoms with Crippen molar-refractivity contribution in [2.75, 3.05) is 31.2 Å². The fraction of sp³-hybridized carbons (Fsp3) is 0.450. The van der Waals surface area contributed by atoms with E-state index in [1.807, 2.05) is 29.3 Å². The number of morpholine rings is 1. The van der Waals surface area contributed by atoms with Crippen molar-refractivity contribution >= 4 is 11.9 Å². The second kappa shape index (κ2) is 7.83. The summed E-state index contributed by atoms with van der Waals surface area (Å²) in [7, 11) is 0. The normalized spacial score (nSPS) is 16.6. The maximum Gasteiger partial charge on any atom is 0.225 e. The summed E-state index contributed by atoms with van der Waals surface area (Å²) >= 11 is 0. The lowest BCUT2D eigenvalue weighted by molar-refractivity contribution is -0.131. The smallest absolute Gasteiger partial charge is 0.225 e. The molecule has 1 saturated heterocycles. The molecule has 1 amide bonds. The number of aromatic nitrogens is 2. The summed E-state index contributed by atoms with van der Waals surface area (Å²) in [6.45, 7) is 4.29. The number of rotatable bonds is 5. The maximum absolute atomic E-state index is 12.5. The minimum Gasteiger partial charge on any atom is -0.378 e. The van der Waals surface area contributed by atoms with Gasteiger partial charge in [-0.25, -0.2) is 9.97 Å². The topological polar surface area (TPSA) is 58.6 Å². The lowest BCUT2D eigenvalue weighted by Gasteiger charge is -2.26. The highest BCUT2D eigenvalue weighted by Gasteiger charge is 2.26. The third-order valence-corrected chi connectivity index (χ3v) is 4.99. The highest BCUT2D eigenvalue weighted by Crippen LogP contribution is 2.23. The molecule has 2 aliphatic heterocycles. The van der Waals surface area contributed by atoms with Gasteiger partial charge in [0.15, 0.2) is 0 Å². The Balaban J connectivity index is 1.32. The van der Waals surface area contributed by atoms with Crippen LogP contribution in [0.25, 0.3) is 0 Å². The summed E-state index contributed by atoms with van der Waals surface area (Å²) in [6.07, 6.45) is 4.27. The number of anilines is 1. The first-order valence-electron chi connectivity index (χ1n) is 9.29. The molecular formula is C20H24N4O2. The molecule has 0 aliphatic carbocycles. The number of ether oxygens (including phenoxy) is 1. The fourth-order valence-corrected chi connectivity index (χ4v) is 3.48. The summed E-state index contributed by atoms with van der Waals surface area (Å²) in [5.74, 6) is 0.956. The number of hydrogen-bond acceptors (Lipinski definition) is 5. The molecular weight excluding hydrogens is 328 g/mol. The average molecular weight is 352 g/mol. The molecule has 0 radical (unpaired) electrons. The van der Waals surface area contributed by atoms with E-state index < -0.39 is 0 Å². The fourth-order valence-electron chi connectivity index (χ4n) is 3.48. The quantitative estimate of drug-likeness (QED) is 0.825. The summed E-state index contributed by atoms with van der Waals surface area (Å²) in [5.41, 5.74) is 3.34. The number of fused-ring (bicyclic) bond motifs is 1. The van der Waals surface area contributed by atoms with Gasteiger partial charge in [-0.2, -0.15) is 0 Å². The molecule has 3 heterocycles. The van der Waals surface area contributed by atoms with Gasteiger partial charge in [0, 0.05) is 37.8 Å². The summed E-state index contributed by atoms with van der Waals surface area (Å²) in [4.78, 5) is 25.8. The summed E-state index contributed by atoms with van der Waals surface area (Å²) in [6, 6.07) is 10.3. The van der Waals surface area contributed by atoms with E-state index in [9.17, 15) is 4.79 Å². The predicted molar refractivity (Wildman–Crippen MR) is 98.7 cm³/mol. The van der Waals surface area contributed by atoms with Gasteiger partial charge in [0.25, 0.3) is 0 Å². The highest BCUT2D eigenvalue weighted by atomic mass is 16.5. The molecule has 0 unspecified atom stereocenters. The molecule has 26 heavy (non-hydrogen) atoms. The Morgan fingerprint density at radius 3 is 2.73 bits per heavy atom. The standard InChI is InChI=1S/C20H24N4O2/c25-19(8-4-7-16-5-2-1-3-6-16)24-14-17-13-21-20(22-18(17)15-24)23-9-11-26-12-10-23/h1-3,5-6,13H,4,7-12,14-15H2. The maximum atomic E-state index is 12.5. The molecule has 2 aromatic rings. The van der Waals surface area contributed by atoms with Crippen LogP contribution in [0.4, 0.5) is 5.95 Å². The Morgan fingerprint density at radius 1 is 1.12 bits per heavy atom. The number of aryl methyl sites for hydroxylation is 1. The largest absolute Gasteiger partial charge is 0.378 e. The summed E-state index contributed by atoms with van der Waals surface area (Å²) in [5, 5.41) is 0. The van der Waals surface area contributed by atoms with Crippen molar-refractivity contribution in [1.82, 2.24) is 14.9 Å². The number of carbonyl (C=O) groups is 1. The second-order valence-electron chi connectivity index (χ2n) is 6.83. The van der Waals surface area contributed by atoms with Gasteiger partial charge in [0.1, 0.15) is 0 Å². The Bertz CT molecular complexity index is 760. The number of benzene rings is 1. The van der Waals surface area contributed by atoms with Gasteiger partial charge in [0.05, 0.1) is 25.5 Å². The third-order valence-electron chi connectivity index (χ3n) is 4.99. The monoisotopic (exact) mass is 352 g/mol. The van der Waals surface area contributed by atoms with Crippen LogP contribution in [0.1, 0.15) is 29.7 Å². The van der Waals surface area contributed by atoms with Crippen molar-refractivity contribution in [2.45, 2.75) is 32.4 Å². The molecule has 0 bridgehead atoms. The first kappa shape index (κ1) is 17.0. The van der Waals surface area contributed by atoms with E-state index in [0.717, 1.165) is 43.1 Å². The minimum absolute atomic E-state index is 0.201. The Labute approximate surface area is 153 Å². The van der Waals surface area contributed by atoms with Crippen molar-refractivity contribution in [3.05, 3.63) is 53.3 Å². The predicted octanol–water partition coefficient (Wildman–Crippen LogP) is 2.18. The molecule has 2 aliphatic rings. The van der Waals surface area contributed by atoms with E-state index >= 15 is 0 Å². The number of carbonyl (C=O) groups excluding carboxylic acids is 1. The molecule has 0 spiro atoms. The van der Waals surface area contributed by atoms with E-state index in [4.69, 9.17) is 9.72 Å². The van der Waals surface area contributed by atoms with E-state index in [1.165, 1.54) is 5.56 Å². The van der Waals surface area contributed by atoms with Gasteiger partial charge >= 0.3 is 0 Å². The van der Waals surface area contributed by atoms with Crippen LogP contribution >= 0.6 is 0 Å². The van der Waals surface area contributed by atoms with Gasteiger partial charge < -0.3 is 14.5 Å². The zero-order chi connectivity index (χ0) is 17.8. The zero-order valence-corrected chi connectivity index (χ0v) is 14.9. The van der Waals surface area contributed by atoms with Crippen LogP contribution in [0.3, 0.4) is 0 Å². The van der Waals surface area contributed by atoms with Crippen LogP contribution in [0.2, 0.25) is 0 Å². The zero-order valence-electron chi connectivity index (χ0n) is 14.9. The molecule has 6 nitrogen and oxygen atoms in total. The van der Waals surface area contributed by atoms with Crippen LogP contribution in [0, 0.1) is 0 Å². The Morgan fingerprint density at radius 2 is 1.92 bits per heavy atom. The number of hydrogen-bond donors (Lipinski definition) is 0. The molecule has 1 fully saturated rings. The average Bonchev–Trinajstić information content (AvgIpc) is 3.13. The van der Waals surface area contributed by atoms with Gasteiger partial charge in [-0.05, 0) is 18.4 Å². The molecule has 1 aromatic carbocycles. The molecule has 0 saturated carbocycles. The molecule has 0 N–H and O–H groups in total. The first-order chi connectivity index (χ1) is 12.8. The van der Waals surface area contributed by atoms with E-state index in [2.05, 4.69) is 22.0 Å². The van der Waals surface area contributed by atoms with Gasteiger partial charge in [-0.15, -0.1) is 0 Å². The molecule has 0 atom stereocenters. The first-order valence-corrected chi connectivity index (χ1v) is 9.29. The third kappa shape index (κ3) is 3.85. The minimum atomic E-state index is 0.201. The van der Waals surface area contributed by atoms with E-state index in [0.29, 0.717) is 32.7 Å². The lowest BCUT2D eigenvalue weighted by atomic mass is 10.1. The second-order valence-corrected chi connectivity index (χ2v) is 6.83. The molecule has 136 valence electrons. The van der Waals surface area contributed by atoms with Crippen LogP contribution in [0.5, 0.6) is 0 Å². The number of amides is 1. The van der Waals surface area contributed by atoms with Crippen LogP contribution in [-0.2, 0) is 29.0 Å². The van der Waals surface area contributed by atoms with Crippen LogP contribution < -0.4 is 4.90 Å². The highest BCUT2D eigenvalue weighted by molar-refractivity contribution is 5.76. The van der Waals surface area contributed by atoms with Crippen molar-refractivity contribution in [1.29, 1.82) is 0 Å². The van der Waals surface area contributed by atoms with E-state index in [-0.39, 0.29) is 5.91 Å². The van der Waals surface area contributed by atoms with Gasteiger partial charge in [0.2, 0.25) is 11.9 Å². The molecule has 6 heteroatoms. The number of nitrogens with zero attached hydrogens (tertiary/aromatic N) is 4. The Kier molecular flexibility index (Phi) is 5.11. The van der Waals surface area contributed by atoms with Gasteiger partial charge in [-0.1, -0.05) is 30.3 Å². The molecule has 4 rings (SSSR count). The molecule has 1 aromatic heterocycles. The summed E-state index contributed by atoms with van der Waals surface area (Å²) < 4.78 is 5.38. The lowest BCUT2D eigenvalue weighted by Crippen LogP contribution is -2.37. The Hall–Kier alpha value is -2.47. The van der Waals surface area contributed by atoms with Gasteiger partial charge in [-0.3, -0.25) is 4.79 Å². The van der Waals surface area contributed by atoms with Crippen molar-refractivity contribution in [3.8, 4) is 0 Å².